The molecule has 0 saturated heterocycles. The summed E-state index contributed by atoms with van der Waals surface area (Å²) in [7, 11) is 1.66. The maximum absolute atomic E-state index is 11.0. The van der Waals surface area contributed by atoms with E-state index in [4.69, 9.17) is 9.47 Å². The summed E-state index contributed by atoms with van der Waals surface area (Å²) in [5.74, 6) is 1.18. The first-order valence-electron chi connectivity index (χ1n) is 6.58. The first-order chi connectivity index (χ1) is 10.1. The smallest absolute Gasteiger partial charge is 0.238 e. The summed E-state index contributed by atoms with van der Waals surface area (Å²) in [5.41, 5.74) is 2.04. The van der Waals surface area contributed by atoms with Crippen LogP contribution in [-0.4, -0.2) is 24.9 Å². The van der Waals surface area contributed by atoms with Crippen molar-refractivity contribution in [1.82, 2.24) is 0 Å². The topological polar surface area (TPSA) is 59.0 Å². The fraction of sp³-hybridized carbons (Fsp3) is 0.188. The number of phenolic OH excluding ortho intramolecular Hbond substituents is 1. The molecule has 2 aromatic carbocycles. The lowest BCUT2D eigenvalue weighted by atomic mass is 10.0. The number of benzene rings is 2. The number of amides is 1. The molecule has 108 valence electrons. The number of ether oxygens (including phenoxy) is 2. The summed E-state index contributed by atoms with van der Waals surface area (Å²) in [5, 5.41) is 10.3. The highest BCUT2D eigenvalue weighted by Gasteiger charge is 2.23. The number of hydrogen-bond acceptors (Lipinski definition) is 4. The van der Waals surface area contributed by atoms with E-state index in [0.29, 0.717) is 22.7 Å². The van der Waals surface area contributed by atoms with Crippen LogP contribution in [-0.2, 0) is 4.79 Å². The second kappa shape index (κ2) is 5.01. The van der Waals surface area contributed by atoms with Gasteiger partial charge in [-0.05, 0) is 12.1 Å². The highest BCUT2D eigenvalue weighted by atomic mass is 16.7. The van der Waals surface area contributed by atoms with Crippen LogP contribution >= 0.6 is 0 Å². The highest BCUT2D eigenvalue weighted by molar-refractivity contribution is 5.89. The van der Waals surface area contributed by atoms with Crippen LogP contribution in [0.2, 0.25) is 0 Å². The third-order valence-electron chi connectivity index (χ3n) is 3.38. The number of phenols is 1. The molecule has 0 aliphatic carbocycles. The fourth-order valence-corrected chi connectivity index (χ4v) is 2.40. The van der Waals surface area contributed by atoms with Gasteiger partial charge in [0.15, 0.2) is 11.5 Å². The molecule has 5 heteroatoms. The average Bonchev–Trinajstić information content (AvgIpc) is 2.84. The van der Waals surface area contributed by atoms with Crippen LogP contribution in [0, 0.1) is 0 Å². The Kier molecular flexibility index (Phi) is 3.17. The molecule has 0 radical (unpaired) electrons. The van der Waals surface area contributed by atoms with Gasteiger partial charge in [-0.25, -0.2) is 0 Å². The van der Waals surface area contributed by atoms with Crippen molar-refractivity contribution >= 4 is 12.1 Å². The number of rotatable bonds is 3. The number of carbonyl (C=O) groups excluding carboxylic acids is 1. The molecule has 1 N–H and O–H groups in total. The maximum atomic E-state index is 11.0. The van der Waals surface area contributed by atoms with Gasteiger partial charge in [0, 0.05) is 31.2 Å². The molecule has 2 aromatic rings. The van der Waals surface area contributed by atoms with Crippen LogP contribution in [0.5, 0.6) is 17.2 Å². The van der Waals surface area contributed by atoms with Crippen molar-refractivity contribution in [2.75, 3.05) is 11.9 Å². The summed E-state index contributed by atoms with van der Waals surface area (Å²) < 4.78 is 11.0. The summed E-state index contributed by atoms with van der Waals surface area (Å²) in [4.78, 5) is 12.5. The first-order valence-corrected chi connectivity index (χ1v) is 6.58. The Balaban J connectivity index is 2.14. The van der Waals surface area contributed by atoms with Gasteiger partial charge in [0.05, 0.1) is 5.69 Å². The molecule has 0 bridgehead atoms. The van der Waals surface area contributed by atoms with E-state index in [1.165, 1.54) is 11.0 Å². The molecular weight excluding hydrogens is 270 g/mol. The zero-order valence-electron chi connectivity index (χ0n) is 11.7. The summed E-state index contributed by atoms with van der Waals surface area (Å²) >= 11 is 0. The standard InChI is InChI=1S/C16H15NO4/c1-10-20-15-7-12(14(19)8-16(15)21-10)11-5-3-4-6-13(11)17(2)9-18/h3-10,19H,1-2H3. The molecule has 0 spiro atoms. The van der Waals surface area contributed by atoms with E-state index < -0.39 is 0 Å². The molecule has 0 aromatic heterocycles. The van der Waals surface area contributed by atoms with Gasteiger partial charge in [-0.1, -0.05) is 18.2 Å². The van der Waals surface area contributed by atoms with Crippen molar-refractivity contribution in [2.45, 2.75) is 13.2 Å². The van der Waals surface area contributed by atoms with E-state index in [0.717, 1.165) is 12.0 Å². The van der Waals surface area contributed by atoms with Crippen molar-refractivity contribution in [3.05, 3.63) is 36.4 Å². The quantitative estimate of drug-likeness (QED) is 0.881. The third-order valence-corrected chi connectivity index (χ3v) is 3.38. The second-order valence-electron chi connectivity index (χ2n) is 4.85. The second-order valence-corrected chi connectivity index (χ2v) is 4.85. The van der Waals surface area contributed by atoms with Gasteiger partial charge < -0.3 is 19.5 Å². The van der Waals surface area contributed by atoms with Crippen LogP contribution in [0.3, 0.4) is 0 Å². The average molecular weight is 285 g/mol. The minimum Gasteiger partial charge on any atom is -0.507 e. The predicted molar refractivity (Wildman–Crippen MR) is 78.7 cm³/mol. The number of para-hydroxylation sites is 1. The summed E-state index contributed by atoms with van der Waals surface area (Å²) in [6.07, 6.45) is 0.354. The lowest BCUT2D eigenvalue weighted by molar-refractivity contribution is -0.107. The van der Waals surface area contributed by atoms with E-state index in [9.17, 15) is 9.90 Å². The minimum atomic E-state index is -0.373. The number of aromatic hydroxyl groups is 1. The number of carbonyl (C=O) groups is 1. The van der Waals surface area contributed by atoms with Gasteiger partial charge in [0.25, 0.3) is 0 Å². The maximum Gasteiger partial charge on any atom is 0.238 e. The SMILES string of the molecule is CC1Oc2cc(O)c(-c3ccccc3N(C)C=O)cc2O1. The lowest BCUT2D eigenvalue weighted by Gasteiger charge is -2.17. The Bertz CT molecular complexity index is 699. The Hall–Kier alpha value is -2.69. The van der Waals surface area contributed by atoms with E-state index in [2.05, 4.69) is 0 Å². The predicted octanol–water partition coefficient (Wildman–Crippen LogP) is 2.77. The van der Waals surface area contributed by atoms with Crippen molar-refractivity contribution in [3.8, 4) is 28.4 Å². The van der Waals surface area contributed by atoms with Gasteiger partial charge in [-0.3, -0.25) is 4.79 Å². The number of hydrogen-bond donors (Lipinski definition) is 1. The monoisotopic (exact) mass is 285 g/mol. The molecule has 1 heterocycles. The lowest BCUT2D eigenvalue weighted by Crippen LogP contribution is -2.14. The van der Waals surface area contributed by atoms with Gasteiger partial charge in [0.2, 0.25) is 12.7 Å². The molecule has 1 amide bonds. The molecule has 1 aliphatic heterocycles. The van der Waals surface area contributed by atoms with Crippen molar-refractivity contribution in [2.24, 2.45) is 0 Å². The minimum absolute atomic E-state index is 0.0817. The van der Waals surface area contributed by atoms with Crippen LogP contribution in [0.15, 0.2) is 36.4 Å². The largest absolute Gasteiger partial charge is 0.507 e. The summed E-state index contributed by atoms with van der Waals surface area (Å²) in [6, 6.07) is 10.6. The van der Waals surface area contributed by atoms with E-state index in [-0.39, 0.29) is 12.0 Å². The van der Waals surface area contributed by atoms with Crippen LogP contribution < -0.4 is 14.4 Å². The van der Waals surface area contributed by atoms with Crippen LogP contribution in [0.4, 0.5) is 5.69 Å². The van der Waals surface area contributed by atoms with Crippen molar-refractivity contribution < 1.29 is 19.4 Å². The van der Waals surface area contributed by atoms with E-state index >= 15 is 0 Å². The number of fused-ring (bicyclic) bond motifs is 1. The van der Waals surface area contributed by atoms with Crippen molar-refractivity contribution in [3.63, 3.8) is 0 Å². The molecule has 1 unspecified atom stereocenters. The molecule has 0 saturated carbocycles. The van der Waals surface area contributed by atoms with Gasteiger partial charge in [-0.15, -0.1) is 0 Å². The van der Waals surface area contributed by atoms with Gasteiger partial charge in [0.1, 0.15) is 5.75 Å². The normalized spacial score (nSPS) is 15.8. The Morgan fingerprint density at radius 2 is 1.81 bits per heavy atom. The zero-order valence-corrected chi connectivity index (χ0v) is 11.7. The molecule has 5 nitrogen and oxygen atoms in total. The zero-order chi connectivity index (χ0) is 15.0. The molecular formula is C16H15NO4. The number of anilines is 1. The molecule has 0 fully saturated rings. The Morgan fingerprint density at radius 3 is 2.52 bits per heavy atom. The van der Waals surface area contributed by atoms with Gasteiger partial charge >= 0.3 is 0 Å². The molecule has 21 heavy (non-hydrogen) atoms. The molecule has 3 rings (SSSR count). The summed E-state index contributed by atoms with van der Waals surface area (Å²) in [6.45, 7) is 1.78. The molecule has 1 aliphatic rings. The molecule has 1 atom stereocenters. The Labute approximate surface area is 122 Å². The number of nitrogens with zero attached hydrogens (tertiary/aromatic N) is 1. The Morgan fingerprint density at radius 1 is 1.14 bits per heavy atom. The fourth-order valence-electron chi connectivity index (χ4n) is 2.40. The van der Waals surface area contributed by atoms with Crippen LogP contribution in [0.25, 0.3) is 11.1 Å². The van der Waals surface area contributed by atoms with E-state index in [1.54, 1.807) is 20.0 Å². The third kappa shape index (κ3) is 2.27. The first kappa shape index (κ1) is 13.3. The van der Waals surface area contributed by atoms with Crippen LogP contribution in [0.1, 0.15) is 6.92 Å². The van der Waals surface area contributed by atoms with Gasteiger partial charge in [-0.2, -0.15) is 0 Å². The van der Waals surface area contributed by atoms with E-state index in [1.807, 2.05) is 24.3 Å². The van der Waals surface area contributed by atoms with Crippen molar-refractivity contribution in [1.29, 1.82) is 0 Å². The highest BCUT2D eigenvalue weighted by Crippen LogP contribution is 2.45.